The van der Waals surface area contributed by atoms with E-state index >= 15 is 0 Å². The van der Waals surface area contributed by atoms with Crippen LogP contribution in [0.3, 0.4) is 0 Å². The van der Waals surface area contributed by atoms with Gasteiger partial charge < -0.3 is 10.6 Å². The summed E-state index contributed by atoms with van der Waals surface area (Å²) < 4.78 is 0. The summed E-state index contributed by atoms with van der Waals surface area (Å²) in [7, 11) is 0. The van der Waals surface area contributed by atoms with Crippen molar-refractivity contribution in [1.82, 2.24) is 5.32 Å². The molecule has 0 bridgehead atoms. The molecule has 3 aromatic carbocycles. The predicted octanol–water partition coefficient (Wildman–Crippen LogP) is 6.02. The van der Waals surface area contributed by atoms with Gasteiger partial charge in [0.1, 0.15) is 0 Å². The monoisotopic (exact) mass is 465 g/mol. The molecule has 164 valence electrons. The number of benzene rings is 3. The van der Waals surface area contributed by atoms with Gasteiger partial charge in [-0.3, -0.25) is 14.9 Å². The minimum absolute atomic E-state index is 0.0195. The second-order valence-corrected chi connectivity index (χ2v) is 9.12. The maximum absolute atomic E-state index is 12.4. The summed E-state index contributed by atoms with van der Waals surface area (Å²) in [6.45, 7) is 6.36. The molecule has 0 aliphatic carbocycles. The van der Waals surface area contributed by atoms with E-state index in [9.17, 15) is 9.59 Å². The Hall–Kier alpha value is -3.22. The van der Waals surface area contributed by atoms with Crippen LogP contribution in [0, 0.1) is 0 Å². The van der Waals surface area contributed by atoms with Crippen molar-refractivity contribution < 1.29 is 9.59 Å². The third-order valence-electron chi connectivity index (χ3n) is 4.73. The largest absolute Gasteiger partial charge is 0.332 e. The number of carbonyl (C=O) groups is 2. The number of hydrogen-bond donors (Lipinski definition) is 3. The molecule has 0 radical (unpaired) electrons. The van der Waals surface area contributed by atoms with Crippen LogP contribution in [-0.4, -0.2) is 16.9 Å². The van der Waals surface area contributed by atoms with Crippen LogP contribution in [0.1, 0.15) is 47.1 Å². The first-order valence-corrected chi connectivity index (χ1v) is 10.8. The molecule has 0 saturated carbocycles. The Labute approximate surface area is 198 Å². The molecule has 0 aromatic heterocycles. The molecular formula is C25H24ClN3O2S. The molecule has 0 atom stereocenters. The Morgan fingerprint density at radius 1 is 0.781 bits per heavy atom. The molecule has 5 nitrogen and oxygen atoms in total. The molecule has 0 fully saturated rings. The molecule has 0 aliphatic heterocycles. The summed E-state index contributed by atoms with van der Waals surface area (Å²) in [5.41, 5.74) is 3.47. The van der Waals surface area contributed by atoms with Gasteiger partial charge in [0, 0.05) is 27.5 Å². The minimum atomic E-state index is -0.284. The number of nitrogens with one attached hydrogen (secondary N) is 3. The zero-order valence-electron chi connectivity index (χ0n) is 18.0. The molecule has 2 amide bonds. The minimum Gasteiger partial charge on any atom is -0.332 e. The van der Waals surface area contributed by atoms with E-state index in [1.54, 1.807) is 60.7 Å². The van der Waals surface area contributed by atoms with Crippen molar-refractivity contribution >= 4 is 52.1 Å². The summed E-state index contributed by atoms with van der Waals surface area (Å²) >= 11 is 11.2. The Bertz CT molecular complexity index is 1140. The van der Waals surface area contributed by atoms with Gasteiger partial charge >= 0.3 is 0 Å². The highest BCUT2D eigenvalue weighted by atomic mass is 35.5. The summed E-state index contributed by atoms with van der Waals surface area (Å²) in [5.74, 6) is -0.540. The van der Waals surface area contributed by atoms with Crippen molar-refractivity contribution in [1.29, 1.82) is 0 Å². The third-order valence-corrected chi connectivity index (χ3v) is 5.17. The van der Waals surface area contributed by atoms with Crippen molar-refractivity contribution in [2.24, 2.45) is 0 Å². The van der Waals surface area contributed by atoms with Crippen LogP contribution in [-0.2, 0) is 5.41 Å². The lowest BCUT2D eigenvalue weighted by atomic mass is 9.87. The van der Waals surface area contributed by atoms with Gasteiger partial charge in [0.2, 0.25) is 0 Å². The van der Waals surface area contributed by atoms with Gasteiger partial charge in [-0.25, -0.2) is 0 Å². The average Bonchev–Trinajstić information content (AvgIpc) is 2.74. The van der Waals surface area contributed by atoms with Crippen LogP contribution in [0.4, 0.5) is 11.4 Å². The van der Waals surface area contributed by atoms with E-state index in [0.717, 1.165) is 5.56 Å². The van der Waals surface area contributed by atoms with Crippen LogP contribution in [0.15, 0.2) is 72.8 Å². The zero-order chi connectivity index (χ0) is 23.3. The Morgan fingerprint density at radius 3 is 1.94 bits per heavy atom. The van der Waals surface area contributed by atoms with Crippen LogP contribution in [0.2, 0.25) is 5.02 Å². The smallest absolute Gasteiger partial charge is 0.257 e. The first kappa shape index (κ1) is 23.4. The fraction of sp³-hybridized carbons (Fsp3) is 0.160. The van der Waals surface area contributed by atoms with E-state index < -0.39 is 0 Å². The first-order valence-electron chi connectivity index (χ1n) is 10.0. The van der Waals surface area contributed by atoms with Crippen molar-refractivity contribution in [3.63, 3.8) is 0 Å². The Kier molecular flexibility index (Phi) is 7.28. The van der Waals surface area contributed by atoms with Crippen LogP contribution < -0.4 is 16.0 Å². The average molecular weight is 466 g/mol. The second-order valence-electron chi connectivity index (χ2n) is 8.28. The molecule has 7 heteroatoms. The quantitative estimate of drug-likeness (QED) is 0.412. The lowest BCUT2D eigenvalue weighted by Crippen LogP contribution is -2.34. The molecule has 3 rings (SSSR count). The van der Waals surface area contributed by atoms with Gasteiger partial charge in [-0.2, -0.15) is 0 Å². The molecule has 32 heavy (non-hydrogen) atoms. The SMILES string of the molecule is CC(C)(C)c1ccc(C(=O)NC(=S)Nc2ccc(NC(=O)c3cccc(Cl)c3)cc2)cc1. The number of thiocarbonyl (C=S) groups is 1. The Balaban J connectivity index is 1.55. The molecule has 0 unspecified atom stereocenters. The molecule has 0 saturated heterocycles. The van der Waals surface area contributed by atoms with Gasteiger partial charge in [-0.05, 0) is 77.8 Å². The first-order chi connectivity index (χ1) is 15.1. The van der Waals surface area contributed by atoms with Crippen LogP contribution in [0.5, 0.6) is 0 Å². The Morgan fingerprint density at radius 2 is 1.38 bits per heavy atom. The van der Waals surface area contributed by atoms with E-state index in [1.165, 1.54) is 0 Å². The van der Waals surface area contributed by atoms with E-state index in [0.29, 0.717) is 27.5 Å². The molecule has 3 aromatic rings. The van der Waals surface area contributed by atoms with E-state index in [-0.39, 0.29) is 22.3 Å². The fourth-order valence-electron chi connectivity index (χ4n) is 2.93. The number of halogens is 1. The highest BCUT2D eigenvalue weighted by Crippen LogP contribution is 2.22. The van der Waals surface area contributed by atoms with E-state index in [4.69, 9.17) is 23.8 Å². The highest BCUT2D eigenvalue weighted by molar-refractivity contribution is 7.80. The lowest BCUT2D eigenvalue weighted by molar-refractivity contribution is 0.0976. The van der Waals surface area contributed by atoms with Gasteiger partial charge in [0.15, 0.2) is 5.11 Å². The maximum atomic E-state index is 12.4. The van der Waals surface area contributed by atoms with Gasteiger partial charge in [0.05, 0.1) is 0 Å². The van der Waals surface area contributed by atoms with Crippen molar-refractivity contribution in [3.8, 4) is 0 Å². The molecule has 0 heterocycles. The van der Waals surface area contributed by atoms with Gasteiger partial charge in [0.25, 0.3) is 11.8 Å². The number of amides is 2. The van der Waals surface area contributed by atoms with Crippen LogP contribution in [0.25, 0.3) is 0 Å². The lowest BCUT2D eigenvalue weighted by Gasteiger charge is -2.19. The van der Waals surface area contributed by atoms with Gasteiger partial charge in [-0.1, -0.05) is 50.6 Å². The van der Waals surface area contributed by atoms with Crippen molar-refractivity contribution in [2.75, 3.05) is 10.6 Å². The second kappa shape index (κ2) is 9.94. The number of carbonyl (C=O) groups excluding carboxylic acids is 2. The van der Waals surface area contributed by atoms with E-state index in [2.05, 4.69) is 36.7 Å². The number of anilines is 2. The zero-order valence-corrected chi connectivity index (χ0v) is 19.6. The normalized spacial score (nSPS) is 10.9. The third kappa shape index (κ3) is 6.39. The molecule has 0 aliphatic rings. The topological polar surface area (TPSA) is 70.2 Å². The summed E-state index contributed by atoms with van der Waals surface area (Å²) in [4.78, 5) is 24.8. The summed E-state index contributed by atoms with van der Waals surface area (Å²) in [6.07, 6.45) is 0. The molecular weight excluding hydrogens is 442 g/mol. The predicted molar refractivity (Wildman–Crippen MR) is 135 cm³/mol. The van der Waals surface area contributed by atoms with Crippen molar-refractivity contribution in [3.05, 3.63) is 94.5 Å². The van der Waals surface area contributed by atoms with E-state index in [1.807, 2.05) is 12.1 Å². The van der Waals surface area contributed by atoms with Gasteiger partial charge in [-0.15, -0.1) is 0 Å². The van der Waals surface area contributed by atoms with Crippen molar-refractivity contribution in [2.45, 2.75) is 26.2 Å². The number of rotatable bonds is 4. The highest BCUT2D eigenvalue weighted by Gasteiger charge is 2.15. The fourth-order valence-corrected chi connectivity index (χ4v) is 3.33. The standard InChI is InChI=1S/C25H24ClN3O2S/c1-25(2,3)18-9-7-16(8-10-18)22(30)29-24(32)28-21-13-11-20(12-14-21)27-23(31)17-5-4-6-19(26)15-17/h4-15H,1-3H3,(H,27,31)(H2,28,29,30,32). The summed E-state index contributed by atoms with van der Waals surface area (Å²) in [6, 6.07) is 21.2. The maximum Gasteiger partial charge on any atom is 0.257 e. The number of hydrogen-bond acceptors (Lipinski definition) is 3. The molecule has 3 N–H and O–H groups in total. The molecule has 0 spiro atoms. The van der Waals surface area contributed by atoms with Crippen LogP contribution >= 0.6 is 23.8 Å². The summed E-state index contributed by atoms with van der Waals surface area (Å²) in [5, 5.41) is 9.13.